The zero-order valence-electron chi connectivity index (χ0n) is 11.6. The molecule has 0 bridgehead atoms. The first-order chi connectivity index (χ1) is 9.28. The highest BCUT2D eigenvalue weighted by Gasteiger charge is 2.34. The van der Waals surface area contributed by atoms with Gasteiger partial charge >= 0.3 is 0 Å². The summed E-state index contributed by atoms with van der Waals surface area (Å²) in [5.74, 6) is 7.87. The number of hydrazine groups is 1. The molecule has 1 aliphatic heterocycles. The van der Waals surface area contributed by atoms with E-state index in [2.05, 4.69) is 26.4 Å². The van der Waals surface area contributed by atoms with Gasteiger partial charge in [-0.15, -0.1) is 0 Å². The molecule has 1 aromatic rings. The highest BCUT2D eigenvalue weighted by atomic mass is 15.3. The standard InChI is InChI=1S/C14H23N5/c1-10-9-13(17-14(16-10)18-15)19-8-4-6-11-5-2-3-7-12(11)19/h9,11-12H,2-8,15H2,1H3,(H,16,17,18). The second-order valence-corrected chi connectivity index (χ2v) is 5.78. The van der Waals surface area contributed by atoms with Crippen LogP contribution < -0.4 is 16.2 Å². The monoisotopic (exact) mass is 261 g/mol. The first-order valence-corrected chi connectivity index (χ1v) is 7.37. The van der Waals surface area contributed by atoms with Crippen LogP contribution in [0, 0.1) is 12.8 Å². The number of piperidine rings is 1. The highest BCUT2D eigenvalue weighted by molar-refractivity contribution is 5.46. The van der Waals surface area contributed by atoms with E-state index in [1.165, 1.54) is 38.5 Å². The summed E-state index contributed by atoms with van der Waals surface area (Å²) < 4.78 is 0. The van der Waals surface area contributed by atoms with Gasteiger partial charge in [-0.2, -0.15) is 4.98 Å². The van der Waals surface area contributed by atoms with Crippen LogP contribution in [-0.4, -0.2) is 22.6 Å². The number of anilines is 2. The molecule has 2 unspecified atom stereocenters. The maximum atomic E-state index is 5.46. The molecule has 0 amide bonds. The Labute approximate surface area is 114 Å². The summed E-state index contributed by atoms with van der Waals surface area (Å²) in [5, 5.41) is 0. The quantitative estimate of drug-likeness (QED) is 0.631. The van der Waals surface area contributed by atoms with Crippen molar-refractivity contribution in [3.8, 4) is 0 Å². The van der Waals surface area contributed by atoms with Crippen molar-refractivity contribution in [2.45, 2.75) is 51.5 Å². The minimum absolute atomic E-state index is 0.521. The number of hydrogen-bond acceptors (Lipinski definition) is 5. The van der Waals surface area contributed by atoms with Crippen LogP contribution in [0.5, 0.6) is 0 Å². The molecule has 2 fully saturated rings. The molecular weight excluding hydrogens is 238 g/mol. The average molecular weight is 261 g/mol. The maximum Gasteiger partial charge on any atom is 0.239 e. The van der Waals surface area contributed by atoms with Gasteiger partial charge in [-0.1, -0.05) is 12.8 Å². The highest BCUT2D eigenvalue weighted by Crippen LogP contribution is 2.37. The van der Waals surface area contributed by atoms with Crippen LogP contribution in [0.15, 0.2) is 6.07 Å². The van der Waals surface area contributed by atoms with E-state index in [9.17, 15) is 0 Å². The van der Waals surface area contributed by atoms with E-state index in [1.54, 1.807) is 0 Å². The number of rotatable bonds is 2. The van der Waals surface area contributed by atoms with Crippen LogP contribution in [0.4, 0.5) is 11.8 Å². The van der Waals surface area contributed by atoms with Gasteiger partial charge in [0.15, 0.2) is 0 Å². The third-order valence-corrected chi connectivity index (χ3v) is 4.51. The molecule has 2 atom stereocenters. The molecule has 5 heteroatoms. The number of fused-ring (bicyclic) bond motifs is 1. The van der Waals surface area contributed by atoms with E-state index in [1.807, 2.05) is 6.92 Å². The van der Waals surface area contributed by atoms with Crippen molar-refractivity contribution in [2.75, 3.05) is 16.9 Å². The van der Waals surface area contributed by atoms with Gasteiger partial charge in [-0.25, -0.2) is 10.8 Å². The molecule has 2 aliphatic rings. The van der Waals surface area contributed by atoms with Crippen LogP contribution in [0.1, 0.15) is 44.2 Å². The van der Waals surface area contributed by atoms with E-state index in [0.717, 1.165) is 24.0 Å². The Balaban J connectivity index is 1.89. The van der Waals surface area contributed by atoms with Crippen molar-refractivity contribution in [2.24, 2.45) is 11.8 Å². The topological polar surface area (TPSA) is 67.1 Å². The Bertz CT molecular complexity index is 445. The molecule has 1 saturated heterocycles. The Morgan fingerprint density at radius 3 is 2.84 bits per heavy atom. The predicted octanol–water partition coefficient (Wildman–Crippen LogP) is 2.23. The van der Waals surface area contributed by atoms with Gasteiger partial charge in [0.05, 0.1) is 0 Å². The second-order valence-electron chi connectivity index (χ2n) is 5.78. The van der Waals surface area contributed by atoms with Gasteiger partial charge in [0.1, 0.15) is 5.82 Å². The number of aryl methyl sites for hydroxylation is 1. The average Bonchev–Trinajstić information content (AvgIpc) is 2.46. The van der Waals surface area contributed by atoms with Gasteiger partial charge in [0, 0.05) is 24.3 Å². The number of nitrogens with zero attached hydrogens (tertiary/aromatic N) is 3. The fourth-order valence-corrected chi connectivity index (χ4v) is 3.67. The van der Waals surface area contributed by atoms with E-state index >= 15 is 0 Å². The zero-order valence-corrected chi connectivity index (χ0v) is 11.6. The van der Waals surface area contributed by atoms with Gasteiger partial charge < -0.3 is 4.90 Å². The van der Waals surface area contributed by atoms with E-state index in [-0.39, 0.29) is 0 Å². The molecule has 19 heavy (non-hydrogen) atoms. The molecule has 0 radical (unpaired) electrons. The van der Waals surface area contributed by atoms with Crippen LogP contribution in [0.25, 0.3) is 0 Å². The molecule has 5 nitrogen and oxygen atoms in total. The Morgan fingerprint density at radius 1 is 1.21 bits per heavy atom. The third-order valence-electron chi connectivity index (χ3n) is 4.51. The molecule has 2 heterocycles. The SMILES string of the molecule is Cc1cc(N2CCCC3CCCCC32)nc(NN)n1. The lowest BCUT2D eigenvalue weighted by Gasteiger charge is -2.44. The van der Waals surface area contributed by atoms with E-state index in [4.69, 9.17) is 5.84 Å². The number of nitrogens with one attached hydrogen (secondary N) is 1. The minimum Gasteiger partial charge on any atom is -0.353 e. The van der Waals surface area contributed by atoms with Crippen LogP contribution >= 0.6 is 0 Å². The second kappa shape index (κ2) is 5.33. The Morgan fingerprint density at radius 2 is 2.00 bits per heavy atom. The van der Waals surface area contributed by atoms with Crippen molar-refractivity contribution in [1.29, 1.82) is 0 Å². The third kappa shape index (κ3) is 2.52. The Hall–Kier alpha value is -1.36. The van der Waals surface area contributed by atoms with Crippen molar-refractivity contribution in [1.82, 2.24) is 9.97 Å². The molecule has 3 rings (SSSR count). The van der Waals surface area contributed by atoms with Gasteiger partial charge in [-0.3, -0.25) is 5.43 Å². The minimum atomic E-state index is 0.521. The van der Waals surface area contributed by atoms with Crippen molar-refractivity contribution in [3.05, 3.63) is 11.8 Å². The lowest BCUT2D eigenvalue weighted by Crippen LogP contribution is -2.47. The zero-order chi connectivity index (χ0) is 13.2. The smallest absolute Gasteiger partial charge is 0.239 e. The van der Waals surface area contributed by atoms with Crippen molar-refractivity contribution < 1.29 is 0 Å². The first-order valence-electron chi connectivity index (χ1n) is 7.37. The largest absolute Gasteiger partial charge is 0.353 e. The fraction of sp³-hybridized carbons (Fsp3) is 0.714. The van der Waals surface area contributed by atoms with Crippen LogP contribution in [0.3, 0.4) is 0 Å². The molecule has 0 aromatic carbocycles. The molecule has 3 N–H and O–H groups in total. The van der Waals surface area contributed by atoms with Crippen molar-refractivity contribution in [3.63, 3.8) is 0 Å². The molecule has 1 aliphatic carbocycles. The molecular formula is C14H23N5. The number of aromatic nitrogens is 2. The first kappa shape index (κ1) is 12.7. The summed E-state index contributed by atoms with van der Waals surface area (Å²) >= 11 is 0. The van der Waals surface area contributed by atoms with Gasteiger partial charge in [0.25, 0.3) is 0 Å². The normalized spacial score (nSPS) is 26.9. The predicted molar refractivity (Wildman–Crippen MR) is 76.9 cm³/mol. The lowest BCUT2D eigenvalue weighted by molar-refractivity contribution is 0.242. The molecule has 1 aromatic heterocycles. The van der Waals surface area contributed by atoms with Gasteiger partial charge in [0.2, 0.25) is 5.95 Å². The Kier molecular flexibility index (Phi) is 3.55. The maximum absolute atomic E-state index is 5.46. The van der Waals surface area contributed by atoms with E-state index < -0.39 is 0 Å². The van der Waals surface area contributed by atoms with Gasteiger partial charge in [-0.05, 0) is 38.5 Å². The summed E-state index contributed by atoms with van der Waals surface area (Å²) in [5.41, 5.74) is 3.54. The molecule has 1 saturated carbocycles. The molecule has 0 spiro atoms. The van der Waals surface area contributed by atoms with Crippen molar-refractivity contribution >= 4 is 11.8 Å². The molecule has 104 valence electrons. The summed E-state index contributed by atoms with van der Waals surface area (Å²) in [6.07, 6.45) is 8.09. The van der Waals surface area contributed by atoms with Crippen LogP contribution in [-0.2, 0) is 0 Å². The summed E-state index contributed by atoms with van der Waals surface area (Å²) in [6.45, 7) is 3.11. The lowest BCUT2D eigenvalue weighted by atomic mass is 9.78. The summed E-state index contributed by atoms with van der Waals surface area (Å²) in [6, 6.07) is 2.75. The fourth-order valence-electron chi connectivity index (χ4n) is 3.67. The summed E-state index contributed by atoms with van der Waals surface area (Å²) in [4.78, 5) is 11.3. The number of nitrogens with two attached hydrogens (primary N) is 1. The van der Waals surface area contributed by atoms with Crippen LogP contribution in [0.2, 0.25) is 0 Å². The number of nitrogen functional groups attached to an aromatic ring is 1. The van der Waals surface area contributed by atoms with E-state index in [0.29, 0.717) is 12.0 Å². The number of hydrogen-bond donors (Lipinski definition) is 2. The summed E-state index contributed by atoms with van der Waals surface area (Å²) in [7, 11) is 0.